The number of rotatable bonds is 3. The molecule has 0 radical (unpaired) electrons. The van der Waals surface area contributed by atoms with Crippen molar-refractivity contribution in [1.82, 2.24) is 4.90 Å². The van der Waals surface area contributed by atoms with Crippen molar-refractivity contribution >= 4 is 6.09 Å². The molecule has 1 amide bonds. The summed E-state index contributed by atoms with van der Waals surface area (Å²) in [6, 6.07) is 0. The molecule has 1 rings (SSSR count). The number of amides is 1. The molecule has 0 heterocycles. The highest BCUT2D eigenvalue weighted by Crippen LogP contribution is 2.33. The van der Waals surface area contributed by atoms with Crippen LogP contribution in [0.4, 0.5) is 4.79 Å². The Balaban J connectivity index is 2.53. The zero-order chi connectivity index (χ0) is 14.7. The minimum Gasteiger partial charge on any atom is -0.444 e. The maximum Gasteiger partial charge on any atom is 0.410 e. The van der Waals surface area contributed by atoms with Gasteiger partial charge in [0.1, 0.15) is 5.60 Å². The Hall–Kier alpha value is -0.770. The van der Waals surface area contributed by atoms with Crippen LogP contribution < -0.4 is 0 Å². The fourth-order valence-corrected chi connectivity index (χ4v) is 2.74. The fraction of sp³-hybridized carbons (Fsp3) is 0.933. The van der Waals surface area contributed by atoms with E-state index < -0.39 is 11.2 Å². The SMILES string of the molecule is CN(CC(C)(O)C1CCCCC1)C(=O)OC(C)(C)C. The highest BCUT2D eigenvalue weighted by Gasteiger charge is 2.35. The number of ether oxygens (including phenoxy) is 1. The molecule has 1 fully saturated rings. The van der Waals surface area contributed by atoms with E-state index >= 15 is 0 Å². The predicted molar refractivity (Wildman–Crippen MR) is 76.1 cm³/mol. The van der Waals surface area contributed by atoms with Crippen molar-refractivity contribution in [2.45, 2.75) is 71.0 Å². The standard InChI is InChI=1S/C15H29NO3/c1-14(2,3)19-13(17)16(5)11-15(4,18)12-9-7-6-8-10-12/h12,18H,6-11H2,1-5H3. The van der Waals surface area contributed by atoms with E-state index in [1.165, 1.54) is 24.2 Å². The Labute approximate surface area is 117 Å². The van der Waals surface area contributed by atoms with E-state index in [0.717, 1.165) is 12.8 Å². The van der Waals surface area contributed by atoms with Crippen LogP contribution in [0.25, 0.3) is 0 Å². The molecule has 1 saturated carbocycles. The molecule has 1 unspecified atom stereocenters. The summed E-state index contributed by atoms with van der Waals surface area (Å²) in [4.78, 5) is 13.4. The van der Waals surface area contributed by atoms with Crippen LogP contribution in [0.2, 0.25) is 0 Å². The number of nitrogens with zero attached hydrogens (tertiary/aromatic N) is 1. The Morgan fingerprint density at radius 2 is 1.74 bits per heavy atom. The molecule has 1 aliphatic carbocycles. The summed E-state index contributed by atoms with van der Waals surface area (Å²) < 4.78 is 5.31. The Morgan fingerprint density at radius 1 is 1.21 bits per heavy atom. The van der Waals surface area contributed by atoms with Crippen LogP contribution in [0, 0.1) is 5.92 Å². The lowest BCUT2D eigenvalue weighted by Crippen LogP contribution is -2.48. The second kappa shape index (κ2) is 6.12. The summed E-state index contributed by atoms with van der Waals surface area (Å²) in [6.07, 6.45) is 5.34. The molecular weight excluding hydrogens is 242 g/mol. The first-order chi connectivity index (χ1) is 8.62. The van der Waals surface area contributed by atoms with E-state index in [4.69, 9.17) is 4.74 Å². The van der Waals surface area contributed by atoms with Gasteiger partial charge in [0.05, 0.1) is 12.1 Å². The number of carbonyl (C=O) groups excluding carboxylic acids is 1. The minimum atomic E-state index is -0.827. The van der Waals surface area contributed by atoms with Crippen molar-refractivity contribution in [3.8, 4) is 0 Å². The zero-order valence-electron chi connectivity index (χ0n) is 13.0. The molecule has 0 saturated heterocycles. The first-order valence-corrected chi connectivity index (χ1v) is 7.28. The third-order valence-corrected chi connectivity index (χ3v) is 3.75. The lowest BCUT2D eigenvalue weighted by Gasteiger charge is -2.38. The van der Waals surface area contributed by atoms with Crippen molar-refractivity contribution in [1.29, 1.82) is 0 Å². The second-order valence-electron chi connectivity index (χ2n) is 7.03. The normalized spacial score (nSPS) is 20.7. The van der Waals surface area contributed by atoms with Crippen LogP contribution in [0.15, 0.2) is 0 Å². The lowest BCUT2D eigenvalue weighted by atomic mass is 9.77. The average Bonchev–Trinajstić information content (AvgIpc) is 2.27. The molecule has 4 heteroatoms. The van der Waals surface area contributed by atoms with E-state index in [0.29, 0.717) is 6.54 Å². The Bertz CT molecular complexity index is 301. The van der Waals surface area contributed by atoms with Gasteiger partial charge in [0, 0.05) is 7.05 Å². The number of aliphatic hydroxyl groups is 1. The van der Waals surface area contributed by atoms with Gasteiger partial charge in [-0.3, -0.25) is 0 Å². The molecule has 1 aliphatic rings. The number of hydrogen-bond acceptors (Lipinski definition) is 3. The summed E-state index contributed by atoms with van der Waals surface area (Å²) >= 11 is 0. The van der Waals surface area contributed by atoms with Crippen molar-refractivity contribution in [2.75, 3.05) is 13.6 Å². The van der Waals surface area contributed by atoms with E-state index in [2.05, 4.69) is 0 Å². The fourth-order valence-electron chi connectivity index (χ4n) is 2.74. The largest absolute Gasteiger partial charge is 0.444 e. The molecule has 112 valence electrons. The quantitative estimate of drug-likeness (QED) is 0.857. The van der Waals surface area contributed by atoms with E-state index in [1.54, 1.807) is 7.05 Å². The van der Waals surface area contributed by atoms with Gasteiger partial charge in [0.2, 0.25) is 0 Å². The summed E-state index contributed by atoms with van der Waals surface area (Å²) in [5.41, 5.74) is -1.33. The lowest BCUT2D eigenvalue weighted by molar-refractivity contribution is -0.0447. The van der Waals surface area contributed by atoms with Gasteiger partial charge in [-0.2, -0.15) is 0 Å². The highest BCUT2D eigenvalue weighted by atomic mass is 16.6. The summed E-state index contributed by atoms with van der Waals surface area (Å²) in [5, 5.41) is 10.6. The topological polar surface area (TPSA) is 49.8 Å². The maximum atomic E-state index is 11.9. The number of carbonyl (C=O) groups is 1. The van der Waals surface area contributed by atoms with Gasteiger partial charge >= 0.3 is 6.09 Å². The molecule has 0 bridgehead atoms. The summed E-state index contributed by atoms with van der Waals surface area (Å²) in [5.74, 6) is 0.283. The predicted octanol–water partition coefficient (Wildman–Crippen LogP) is 3.18. The van der Waals surface area contributed by atoms with Crippen LogP contribution in [-0.2, 0) is 4.74 Å². The second-order valence-corrected chi connectivity index (χ2v) is 7.03. The summed E-state index contributed by atoms with van der Waals surface area (Å²) in [6.45, 7) is 7.70. The van der Waals surface area contributed by atoms with Gasteiger partial charge in [-0.25, -0.2) is 4.79 Å². The van der Waals surface area contributed by atoms with Gasteiger partial charge in [0.25, 0.3) is 0 Å². The summed E-state index contributed by atoms with van der Waals surface area (Å²) in [7, 11) is 1.69. The molecule has 19 heavy (non-hydrogen) atoms. The molecular formula is C15H29NO3. The van der Waals surface area contributed by atoms with Crippen molar-refractivity contribution < 1.29 is 14.6 Å². The van der Waals surface area contributed by atoms with Crippen molar-refractivity contribution in [3.63, 3.8) is 0 Å². The van der Waals surface area contributed by atoms with Crippen LogP contribution in [-0.4, -0.2) is 40.9 Å². The van der Waals surface area contributed by atoms with Gasteiger partial charge in [-0.15, -0.1) is 0 Å². The van der Waals surface area contributed by atoms with E-state index in [1.807, 2.05) is 27.7 Å². The monoisotopic (exact) mass is 271 g/mol. The number of likely N-dealkylation sites (N-methyl/N-ethyl adjacent to an activating group) is 1. The van der Waals surface area contributed by atoms with Crippen LogP contribution in [0.3, 0.4) is 0 Å². The molecule has 0 aromatic rings. The zero-order valence-corrected chi connectivity index (χ0v) is 13.0. The molecule has 4 nitrogen and oxygen atoms in total. The molecule has 0 aromatic carbocycles. The van der Waals surface area contributed by atoms with Gasteiger partial charge in [0.15, 0.2) is 0 Å². The highest BCUT2D eigenvalue weighted by molar-refractivity contribution is 5.67. The van der Waals surface area contributed by atoms with Gasteiger partial charge in [-0.1, -0.05) is 19.3 Å². The molecule has 0 spiro atoms. The first-order valence-electron chi connectivity index (χ1n) is 7.28. The van der Waals surface area contributed by atoms with Crippen LogP contribution >= 0.6 is 0 Å². The Morgan fingerprint density at radius 3 is 2.21 bits per heavy atom. The number of hydrogen-bond donors (Lipinski definition) is 1. The maximum absolute atomic E-state index is 11.9. The molecule has 0 aromatic heterocycles. The smallest absolute Gasteiger partial charge is 0.410 e. The van der Waals surface area contributed by atoms with Crippen LogP contribution in [0.5, 0.6) is 0 Å². The molecule has 0 aliphatic heterocycles. The molecule has 1 atom stereocenters. The van der Waals surface area contributed by atoms with Gasteiger partial charge < -0.3 is 14.7 Å². The van der Waals surface area contributed by atoms with Gasteiger partial charge in [-0.05, 0) is 46.5 Å². The third kappa shape index (κ3) is 5.39. The molecule has 1 N–H and O–H groups in total. The minimum absolute atomic E-state index is 0.283. The first kappa shape index (κ1) is 16.3. The van der Waals surface area contributed by atoms with Crippen molar-refractivity contribution in [2.24, 2.45) is 5.92 Å². The Kier molecular flexibility index (Phi) is 5.25. The average molecular weight is 271 g/mol. The van der Waals surface area contributed by atoms with Crippen LogP contribution in [0.1, 0.15) is 59.8 Å². The van der Waals surface area contributed by atoms with E-state index in [9.17, 15) is 9.90 Å². The third-order valence-electron chi connectivity index (χ3n) is 3.75. The van der Waals surface area contributed by atoms with Crippen molar-refractivity contribution in [3.05, 3.63) is 0 Å². The van der Waals surface area contributed by atoms with E-state index in [-0.39, 0.29) is 12.0 Å².